The number of carbonyl (C=O) groups excluding carboxylic acids is 2. The fourth-order valence-corrected chi connectivity index (χ4v) is 5.62. The molecule has 7 heteroatoms. The molecule has 190 valence electrons. The van der Waals surface area contributed by atoms with Gasteiger partial charge in [0.15, 0.2) is 0 Å². The summed E-state index contributed by atoms with van der Waals surface area (Å²) in [5, 5.41) is 5.07. The summed E-state index contributed by atoms with van der Waals surface area (Å²) in [6, 6.07) is 24.7. The van der Waals surface area contributed by atoms with Crippen molar-refractivity contribution >= 4 is 39.3 Å². The van der Waals surface area contributed by atoms with E-state index in [0.29, 0.717) is 24.4 Å². The van der Waals surface area contributed by atoms with E-state index in [-0.39, 0.29) is 11.8 Å². The smallest absolute Gasteiger partial charge is 0.254 e. The highest BCUT2D eigenvalue weighted by atomic mass is 16.5. The summed E-state index contributed by atoms with van der Waals surface area (Å²) in [6.07, 6.45) is 3.71. The average molecular weight is 505 g/mol. The molecule has 2 atom stereocenters. The molecule has 2 unspecified atom stereocenters. The number of ether oxygens (including phenoxy) is 1. The molecule has 0 saturated heterocycles. The minimum atomic E-state index is -0.641. The van der Waals surface area contributed by atoms with Crippen LogP contribution in [-0.4, -0.2) is 46.5 Å². The number of rotatable bonds is 6. The molecule has 0 aliphatic carbocycles. The molecule has 0 bridgehead atoms. The molecule has 1 aliphatic rings. The first kappa shape index (κ1) is 23.9. The second-order valence-corrected chi connectivity index (χ2v) is 9.62. The van der Waals surface area contributed by atoms with E-state index in [4.69, 9.17) is 4.74 Å². The van der Waals surface area contributed by atoms with E-state index in [0.717, 1.165) is 32.9 Å². The second-order valence-electron chi connectivity index (χ2n) is 9.62. The molecule has 1 N–H and O–H groups in total. The van der Waals surface area contributed by atoms with Crippen molar-refractivity contribution in [3.63, 3.8) is 0 Å². The summed E-state index contributed by atoms with van der Waals surface area (Å²) in [5.41, 5.74) is 4.70. The van der Waals surface area contributed by atoms with E-state index in [2.05, 4.69) is 10.3 Å². The zero-order valence-corrected chi connectivity index (χ0v) is 21.3. The van der Waals surface area contributed by atoms with Gasteiger partial charge in [0.2, 0.25) is 5.91 Å². The van der Waals surface area contributed by atoms with Crippen molar-refractivity contribution in [2.75, 3.05) is 25.6 Å². The Labute approximate surface area is 220 Å². The predicted octanol–water partition coefficient (Wildman–Crippen LogP) is 5.29. The number of nitrogens with zero attached hydrogens (tertiary/aromatic N) is 3. The van der Waals surface area contributed by atoms with E-state index < -0.39 is 12.0 Å². The zero-order chi connectivity index (χ0) is 26.2. The first-order chi connectivity index (χ1) is 18.6. The third kappa shape index (κ3) is 4.01. The van der Waals surface area contributed by atoms with Gasteiger partial charge >= 0.3 is 0 Å². The van der Waals surface area contributed by atoms with Gasteiger partial charge in [0.05, 0.1) is 36.0 Å². The Hall–Kier alpha value is -4.49. The number of pyridine rings is 1. The van der Waals surface area contributed by atoms with Crippen LogP contribution in [0.15, 0.2) is 91.3 Å². The number of hydrogen-bond acceptors (Lipinski definition) is 4. The third-order valence-corrected chi connectivity index (χ3v) is 7.36. The van der Waals surface area contributed by atoms with Gasteiger partial charge < -0.3 is 19.5 Å². The van der Waals surface area contributed by atoms with E-state index in [1.54, 1.807) is 24.3 Å². The first-order valence-electron chi connectivity index (χ1n) is 12.7. The number of methoxy groups -OCH3 is 1. The number of aromatic nitrogens is 2. The van der Waals surface area contributed by atoms with Gasteiger partial charge in [-0.05, 0) is 29.8 Å². The summed E-state index contributed by atoms with van der Waals surface area (Å²) in [6.45, 7) is 0.719. The highest BCUT2D eigenvalue weighted by Gasteiger charge is 2.45. The molecule has 0 fully saturated rings. The second kappa shape index (κ2) is 9.76. The lowest BCUT2D eigenvalue weighted by Gasteiger charge is -2.41. The van der Waals surface area contributed by atoms with Gasteiger partial charge in [-0.1, -0.05) is 54.6 Å². The number of hydrogen-bond donors (Lipinski definition) is 1. The minimum Gasteiger partial charge on any atom is -0.383 e. The van der Waals surface area contributed by atoms with Crippen molar-refractivity contribution in [2.45, 2.75) is 12.0 Å². The summed E-state index contributed by atoms with van der Waals surface area (Å²) < 4.78 is 7.43. The number of aryl methyl sites for hydroxylation is 1. The lowest BCUT2D eigenvalue weighted by atomic mass is 9.79. The summed E-state index contributed by atoms with van der Waals surface area (Å²) in [4.78, 5) is 34.3. The fraction of sp³-hybridized carbons (Fsp3) is 0.194. The van der Waals surface area contributed by atoms with Gasteiger partial charge in [-0.2, -0.15) is 0 Å². The van der Waals surface area contributed by atoms with Crippen LogP contribution in [0.3, 0.4) is 0 Å². The van der Waals surface area contributed by atoms with Gasteiger partial charge in [0.25, 0.3) is 5.91 Å². The zero-order valence-electron chi connectivity index (χ0n) is 21.3. The van der Waals surface area contributed by atoms with Crippen molar-refractivity contribution in [3.05, 3.63) is 108 Å². The highest BCUT2D eigenvalue weighted by molar-refractivity contribution is 6.05. The van der Waals surface area contributed by atoms with Crippen molar-refractivity contribution in [1.29, 1.82) is 0 Å². The molecule has 3 aromatic carbocycles. The van der Waals surface area contributed by atoms with Gasteiger partial charge in [-0.25, -0.2) is 0 Å². The molecule has 6 rings (SSSR count). The lowest BCUT2D eigenvalue weighted by molar-refractivity contribution is -0.119. The maximum Gasteiger partial charge on any atom is 0.254 e. The average Bonchev–Trinajstić information content (AvgIpc) is 3.28. The number of carbonyl (C=O) groups is 2. The maximum absolute atomic E-state index is 14.2. The number of amides is 2. The Morgan fingerprint density at radius 1 is 1.00 bits per heavy atom. The largest absolute Gasteiger partial charge is 0.383 e. The Kier molecular flexibility index (Phi) is 6.13. The van der Waals surface area contributed by atoms with Crippen LogP contribution < -0.4 is 5.32 Å². The van der Waals surface area contributed by atoms with Gasteiger partial charge in [0, 0.05) is 54.3 Å². The molecule has 5 aromatic rings. The van der Waals surface area contributed by atoms with E-state index >= 15 is 0 Å². The van der Waals surface area contributed by atoms with Crippen LogP contribution >= 0.6 is 0 Å². The maximum atomic E-state index is 14.2. The topological polar surface area (TPSA) is 76.5 Å². The molecule has 2 aromatic heterocycles. The number of nitrogens with one attached hydrogen (secondary N) is 1. The fourth-order valence-electron chi connectivity index (χ4n) is 5.62. The number of para-hydroxylation sites is 2. The molecular weight excluding hydrogens is 476 g/mol. The molecule has 1 aliphatic heterocycles. The highest BCUT2D eigenvalue weighted by Crippen LogP contribution is 2.45. The molecular formula is C31H28N4O3. The Bertz CT molecular complexity index is 1670. The standard InChI is InChI=1S/C31H28N4O3/c1-34-19-25(22-10-6-8-14-27(22)34)29-28(23-11-4-5-12-24(23)31(37)35(29)15-16-38-2)30(36)33-21-17-20-9-3-7-13-26(20)32-18-21/h3-14,17-19,28-29H,15-16H2,1-2H3,(H,33,36). The van der Waals surface area contributed by atoms with Crippen molar-refractivity contribution in [2.24, 2.45) is 7.05 Å². The van der Waals surface area contributed by atoms with Gasteiger partial charge in [0.1, 0.15) is 0 Å². The molecule has 7 nitrogen and oxygen atoms in total. The Morgan fingerprint density at radius 3 is 2.63 bits per heavy atom. The minimum absolute atomic E-state index is 0.105. The monoisotopic (exact) mass is 504 g/mol. The van der Waals surface area contributed by atoms with E-state index in [1.165, 1.54) is 0 Å². The quantitative estimate of drug-likeness (QED) is 0.341. The van der Waals surface area contributed by atoms with Crippen LogP contribution in [0.5, 0.6) is 0 Å². The van der Waals surface area contributed by atoms with Gasteiger partial charge in [-0.3, -0.25) is 14.6 Å². The number of anilines is 1. The summed E-state index contributed by atoms with van der Waals surface area (Å²) >= 11 is 0. The van der Waals surface area contributed by atoms with Crippen LogP contribution in [0, 0.1) is 0 Å². The van der Waals surface area contributed by atoms with Crippen LogP contribution in [0.25, 0.3) is 21.8 Å². The molecule has 0 radical (unpaired) electrons. The molecule has 3 heterocycles. The molecule has 2 amide bonds. The van der Waals surface area contributed by atoms with Crippen LogP contribution in [0.1, 0.15) is 33.4 Å². The molecule has 38 heavy (non-hydrogen) atoms. The van der Waals surface area contributed by atoms with E-state index in [9.17, 15) is 9.59 Å². The Morgan fingerprint density at radius 2 is 1.76 bits per heavy atom. The van der Waals surface area contributed by atoms with E-state index in [1.807, 2.05) is 90.6 Å². The summed E-state index contributed by atoms with van der Waals surface area (Å²) in [7, 11) is 3.60. The van der Waals surface area contributed by atoms with Crippen molar-refractivity contribution < 1.29 is 14.3 Å². The number of fused-ring (bicyclic) bond motifs is 3. The van der Waals surface area contributed by atoms with Gasteiger partial charge in [-0.15, -0.1) is 0 Å². The first-order valence-corrected chi connectivity index (χ1v) is 12.7. The molecule has 0 spiro atoms. The Balaban J connectivity index is 1.50. The summed E-state index contributed by atoms with van der Waals surface area (Å²) in [5.74, 6) is -0.938. The van der Waals surface area contributed by atoms with Crippen LogP contribution in [0.2, 0.25) is 0 Å². The lowest BCUT2D eigenvalue weighted by Crippen LogP contribution is -2.47. The normalized spacial score (nSPS) is 17.1. The van der Waals surface area contributed by atoms with Crippen molar-refractivity contribution in [1.82, 2.24) is 14.5 Å². The molecule has 0 saturated carbocycles. The predicted molar refractivity (Wildman–Crippen MR) is 148 cm³/mol. The van der Waals surface area contributed by atoms with Crippen LogP contribution in [0.4, 0.5) is 5.69 Å². The van der Waals surface area contributed by atoms with Crippen LogP contribution in [-0.2, 0) is 16.6 Å². The van der Waals surface area contributed by atoms with Crippen molar-refractivity contribution in [3.8, 4) is 0 Å². The third-order valence-electron chi connectivity index (χ3n) is 7.36. The number of benzene rings is 3. The SMILES string of the molecule is COCCN1C(=O)c2ccccc2C(C(=O)Nc2cnc3ccccc3c2)C1c1cn(C)c2ccccc12.